The highest BCUT2D eigenvalue weighted by atomic mass is 35.5. The van der Waals surface area contributed by atoms with Crippen LogP contribution in [0.3, 0.4) is 0 Å². The molecule has 3 nitrogen and oxygen atoms in total. The molecule has 4 heteroatoms. The third-order valence-electron chi connectivity index (χ3n) is 3.63. The molecule has 1 aromatic carbocycles. The first-order chi connectivity index (χ1) is 8.72. The maximum Gasteiger partial charge on any atom is 0.188 e. The fraction of sp³-hybridized carbons (Fsp3) is 0.500. The molecule has 96 valence electrons. The van der Waals surface area contributed by atoms with Crippen LogP contribution in [0.15, 0.2) is 29.3 Å². The molecule has 0 radical (unpaired) electrons. The molecule has 0 aromatic heterocycles. The predicted octanol–water partition coefficient (Wildman–Crippen LogP) is 2.59. The SMILES string of the molecule is OC1CCC2N=C(Cc3ccccc3Cl)OC2C1. The standard InChI is InChI=1S/C14H16ClNO2/c15-11-4-2-1-3-9(11)7-14-16-12-6-5-10(17)8-13(12)18-14/h1-4,10,12-13,17H,5-8H2. The monoisotopic (exact) mass is 265 g/mol. The molecule has 0 bridgehead atoms. The van der Waals surface area contributed by atoms with Gasteiger partial charge in [-0.2, -0.15) is 0 Å². The maximum absolute atomic E-state index is 9.62. The number of halogens is 1. The second-order valence-corrected chi connectivity index (χ2v) is 5.39. The van der Waals surface area contributed by atoms with Crippen molar-refractivity contribution in [2.45, 2.75) is 43.9 Å². The van der Waals surface area contributed by atoms with E-state index < -0.39 is 0 Å². The third-order valence-corrected chi connectivity index (χ3v) is 3.99. The van der Waals surface area contributed by atoms with E-state index in [0.717, 1.165) is 29.3 Å². The van der Waals surface area contributed by atoms with E-state index in [1.165, 1.54) is 0 Å². The molecule has 3 atom stereocenters. The van der Waals surface area contributed by atoms with Gasteiger partial charge in [-0.25, -0.2) is 4.99 Å². The average Bonchev–Trinajstić information content (AvgIpc) is 2.73. The summed E-state index contributed by atoms with van der Waals surface area (Å²) in [7, 11) is 0. The summed E-state index contributed by atoms with van der Waals surface area (Å²) in [5, 5.41) is 10.4. The highest BCUT2D eigenvalue weighted by Crippen LogP contribution is 2.30. The van der Waals surface area contributed by atoms with Gasteiger partial charge >= 0.3 is 0 Å². The van der Waals surface area contributed by atoms with Crippen molar-refractivity contribution in [1.82, 2.24) is 0 Å². The molecule has 18 heavy (non-hydrogen) atoms. The second kappa shape index (κ2) is 4.90. The summed E-state index contributed by atoms with van der Waals surface area (Å²) in [5.74, 6) is 0.757. The van der Waals surface area contributed by atoms with Crippen molar-refractivity contribution in [2.24, 2.45) is 4.99 Å². The summed E-state index contributed by atoms with van der Waals surface area (Å²) in [5.41, 5.74) is 1.04. The van der Waals surface area contributed by atoms with Gasteiger partial charge < -0.3 is 9.84 Å². The Bertz CT molecular complexity index is 475. The minimum Gasteiger partial charge on any atom is -0.475 e. The molecule has 0 spiro atoms. The number of hydrogen-bond donors (Lipinski definition) is 1. The van der Waals surface area contributed by atoms with Gasteiger partial charge in [-0.3, -0.25) is 0 Å². The van der Waals surface area contributed by atoms with Crippen LogP contribution >= 0.6 is 11.6 Å². The Hall–Kier alpha value is -1.06. The number of rotatable bonds is 2. The van der Waals surface area contributed by atoms with Crippen LogP contribution in [0.4, 0.5) is 0 Å². The minimum absolute atomic E-state index is 0.0613. The normalized spacial score (nSPS) is 30.6. The van der Waals surface area contributed by atoms with Crippen LogP contribution in [0.5, 0.6) is 0 Å². The molecule has 1 aliphatic heterocycles. The number of aliphatic hydroxyl groups excluding tert-OH is 1. The second-order valence-electron chi connectivity index (χ2n) is 4.98. The Morgan fingerprint density at radius 3 is 3.00 bits per heavy atom. The van der Waals surface area contributed by atoms with Crippen molar-refractivity contribution in [3.05, 3.63) is 34.9 Å². The lowest BCUT2D eigenvalue weighted by molar-refractivity contribution is 0.0497. The van der Waals surface area contributed by atoms with Crippen LogP contribution in [0, 0.1) is 0 Å². The van der Waals surface area contributed by atoms with Gasteiger partial charge in [0.1, 0.15) is 6.10 Å². The zero-order chi connectivity index (χ0) is 12.5. The molecular formula is C14H16ClNO2. The molecule has 3 unspecified atom stereocenters. The number of nitrogens with zero attached hydrogens (tertiary/aromatic N) is 1. The first-order valence-electron chi connectivity index (χ1n) is 6.37. The number of hydrogen-bond acceptors (Lipinski definition) is 3. The minimum atomic E-state index is -0.235. The number of aliphatic hydroxyl groups is 1. The summed E-state index contributed by atoms with van der Waals surface area (Å²) in [6.45, 7) is 0. The molecule has 1 fully saturated rings. The van der Waals surface area contributed by atoms with Gasteiger partial charge in [0, 0.05) is 11.4 Å². The Morgan fingerprint density at radius 2 is 2.17 bits per heavy atom. The van der Waals surface area contributed by atoms with Gasteiger partial charge in [0.2, 0.25) is 0 Å². The van der Waals surface area contributed by atoms with E-state index in [-0.39, 0.29) is 18.2 Å². The molecular weight excluding hydrogens is 250 g/mol. The molecule has 1 N–H and O–H groups in total. The van der Waals surface area contributed by atoms with Gasteiger partial charge in [-0.15, -0.1) is 0 Å². The van der Waals surface area contributed by atoms with E-state index in [4.69, 9.17) is 16.3 Å². The van der Waals surface area contributed by atoms with Crippen LogP contribution in [0.25, 0.3) is 0 Å². The molecule has 1 aromatic rings. The lowest BCUT2D eigenvalue weighted by atomic mass is 9.91. The van der Waals surface area contributed by atoms with Gasteiger partial charge in [0.15, 0.2) is 5.90 Å². The Labute approximate surface area is 111 Å². The highest BCUT2D eigenvalue weighted by Gasteiger charge is 2.36. The summed E-state index contributed by atoms with van der Waals surface area (Å²) < 4.78 is 5.83. The van der Waals surface area contributed by atoms with Crippen molar-refractivity contribution in [3.63, 3.8) is 0 Å². The molecule has 2 aliphatic rings. The van der Waals surface area contributed by atoms with Crippen molar-refractivity contribution in [2.75, 3.05) is 0 Å². The highest BCUT2D eigenvalue weighted by molar-refractivity contribution is 6.31. The van der Waals surface area contributed by atoms with Crippen LogP contribution in [-0.4, -0.2) is 29.3 Å². The average molecular weight is 266 g/mol. The van der Waals surface area contributed by atoms with Crippen LogP contribution in [-0.2, 0) is 11.2 Å². The van der Waals surface area contributed by atoms with E-state index in [9.17, 15) is 5.11 Å². The fourth-order valence-corrected chi connectivity index (χ4v) is 2.85. The van der Waals surface area contributed by atoms with Crippen LogP contribution < -0.4 is 0 Å². The summed E-state index contributed by atoms with van der Waals surface area (Å²) in [4.78, 5) is 4.61. The van der Waals surface area contributed by atoms with Crippen molar-refractivity contribution < 1.29 is 9.84 Å². The Morgan fingerprint density at radius 1 is 1.33 bits per heavy atom. The van der Waals surface area contributed by atoms with E-state index >= 15 is 0 Å². The topological polar surface area (TPSA) is 41.8 Å². The zero-order valence-corrected chi connectivity index (χ0v) is 10.8. The number of ether oxygens (including phenoxy) is 1. The molecule has 0 amide bonds. The number of fused-ring (bicyclic) bond motifs is 1. The third kappa shape index (κ3) is 2.38. The number of aliphatic imine (C=N–C) groups is 1. The molecule has 1 aliphatic carbocycles. The van der Waals surface area contributed by atoms with Gasteiger partial charge in [-0.05, 0) is 24.5 Å². The van der Waals surface area contributed by atoms with Gasteiger partial charge in [0.25, 0.3) is 0 Å². The Kier molecular flexibility index (Phi) is 3.27. The predicted molar refractivity (Wildman–Crippen MR) is 71.1 cm³/mol. The maximum atomic E-state index is 9.62. The molecule has 1 heterocycles. The van der Waals surface area contributed by atoms with E-state index in [1.807, 2.05) is 24.3 Å². The summed E-state index contributed by atoms with van der Waals surface area (Å²) >= 11 is 6.13. The zero-order valence-electron chi connectivity index (χ0n) is 10.1. The van der Waals surface area contributed by atoms with Crippen molar-refractivity contribution in [1.29, 1.82) is 0 Å². The molecule has 3 rings (SSSR count). The van der Waals surface area contributed by atoms with Gasteiger partial charge in [0.05, 0.1) is 18.6 Å². The molecule has 0 saturated heterocycles. The lowest BCUT2D eigenvalue weighted by Crippen LogP contribution is -2.33. The van der Waals surface area contributed by atoms with E-state index in [2.05, 4.69) is 4.99 Å². The summed E-state index contributed by atoms with van der Waals surface area (Å²) in [6.07, 6.45) is 2.90. The smallest absolute Gasteiger partial charge is 0.188 e. The number of benzene rings is 1. The first kappa shape index (κ1) is 12.0. The first-order valence-corrected chi connectivity index (χ1v) is 6.75. The van der Waals surface area contributed by atoms with Gasteiger partial charge in [-0.1, -0.05) is 29.8 Å². The molecule has 1 saturated carbocycles. The quantitative estimate of drug-likeness (QED) is 0.893. The van der Waals surface area contributed by atoms with Crippen LogP contribution in [0.2, 0.25) is 5.02 Å². The van der Waals surface area contributed by atoms with Crippen molar-refractivity contribution >= 4 is 17.5 Å². The lowest BCUT2D eigenvalue weighted by Gasteiger charge is -2.26. The largest absolute Gasteiger partial charge is 0.475 e. The van der Waals surface area contributed by atoms with E-state index in [0.29, 0.717) is 12.8 Å². The Balaban J connectivity index is 1.70. The summed E-state index contributed by atoms with van der Waals surface area (Å²) in [6, 6.07) is 7.98. The fourth-order valence-electron chi connectivity index (χ4n) is 2.65. The van der Waals surface area contributed by atoms with E-state index in [1.54, 1.807) is 0 Å². The van der Waals surface area contributed by atoms with Crippen LogP contribution in [0.1, 0.15) is 24.8 Å². The van der Waals surface area contributed by atoms with Crippen molar-refractivity contribution in [3.8, 4) is 0 Å².